The second-order valence-electron chi connectivity index (χ2n) is 5.83. The van der Waals surface area contributed by atoms with E-state index in [0.717, 1.165) is 18.4 Å². The fourth-order valence-corrected chi connectivity index (χ4v) is 2.85. The number of hydrogen-bond donors (Lipinski definition) is 1. The first-order chi connectivity index (χ1) is 9.54. The summed E-state index contributed by atoms with van der Waals surface area (Å²) in [6, 6.07) is 5.84. The monoisotopic (exact) mass is 295 g/mol. The fraction of sp³-hybridized carbons (Fsp3) is 0.533. The van der Waals surface area contributed by atoms with Crippen molar-refractivity contribution < 1.29 is 4.39 Å². The quantitative estimate of drug-likeness (QED) is 0.687. The summed E-state index contributed by atoms with van der Waals surface area (Å²) in [5.74, 6) is 0.702. The molecule has 2 N–H and O–H groups in total. The van der Waals surface area contributed by atoms with E-state index < -0.39 is 0 Å². The maximum atomic E-state index is 13.1. The molecule has 0 unspecified atom stereocenters. The minimum Gasteiger partial charge on any atom is -0.370 e. The van der Waals surface area contributed by atoms with Crippen molar-refractivity contribution in [3.05, 3.63) is 34.6 Å². The van der Waals surface area contributed by atoms with Crippen LogP contribution in [0.5, 0.6) is 0 Å². The van der Waals surface area contributed by atoms with Crippen LogP contribution in [0.4, 0.5) is 4.39 Å². The number of guanidine groups is 1. The molecule has 0 radical (unpaired) electrons. The van der Waals surface area contributed by atoms with Gasteiger partial charge in [-0.2, -0.15) is 0 Å². The van der Waals surface area contributed by atoms with E-state index in [4.69, 9.17) is 17.3 Å². The van der Waals surface area contributed by atoms with Gasteiger partial charge in [0.25, 0.3) is 0 Å². The van der Waals surface area contributed by atoms with E-state index in [9.17, 15) is 4.39 Å². The minimum atomic E-state index is -0.361. The Morgan fingerprint density at radius 1 is 1.40 bits per heavy atom. The Balaban J connectivity index is 1.58. The zero-order valence-corrected chi connectivity index (χ0v) is 12.3. The first-order valence-electron chi connectivity index (χ1n) is 7.05. The Kier molecular flexibility index (Phi) is 3.59. The Hall–Kier alpha value is -1.29. The Bertz CT molecular complexity index is 536. The summed E-state index contributed by atoms with van der Waals surface area (Å²) >= 11 is 5.81. The number of rotatable bonds is 3. The lowest BCUT2D eigenvalue weighted by atomic mass is 9.76. The summed E-state index contributed by atoms with van der Waals surface area (Å²) in [5.41, 5.74) is 7.10. The van der Waals surface area contributed by atoms with Crippen LogP contribution >= 0.6 is 11.6 Å². The van der Waals surface area contributed by atoms with Crippen molar-refractivity contribution in [3.63, 3.8) is 0 Å². The first-order valence-corrected chi connectivity index (χ1v) is 7.43. The van der Waals surface area contributed by atoms with Gasteiger partial charge in [0, 0.05) is 13.1 Å². The molecule has 2 aliphatic rings. The summed E-state index contributed by atoms with van der Waals surface area (Å²) in [4.78, 5) is 6.64. The van der Waals surface area contributed by atoms with E-state index in [1.54, 1.807) is 6.07 Å². The molecule has 0 bridgehead atoms. The van der Waals surface area contributed by atoms with Gasteiger partial charge in [0.2, 0.25) is 0 Å². The number of nitrogens with zero attached hydrogens (tertiary/aromatic N) is 2. The number of hydrogen-bond acceptors (Lipinski definition) is 1. The summed E-state index contributed by atoms with van der Waals surface area (Å²) in [6.45, 7) is 0. The van der Waals surface area contributed by atoms with E-state index in [0.29, 0.717) is 17.9 Å². The lowest BCUT2D eigenvalue weighted by Crippen LogP contribution is -2.38. The molecular weight excluding hydrogens is 277 g/mol. The molecule has 2 aliphatic carbocycles. The molecule has 0 heterocycles. The molecular formula is C15H19ClFN3. The molecule has 5 heteroatoms. The highest BCUT2D eigenvalue weighted by molar-refractivity contribution is 6.30. The van der Waals surface area contributed by atoms with Gasteiger partial charge in [0.15, 0.2) is 5.96 Å². The Morgan fingerprint density at radius 3 is 2.70 bits per heavy atom. The van der Waals surface area contributed by atoms with Gasteiger partial charge in [-0.25, -0.2) is 9.38 Å². The highest BCUT2D eigenvalue weighted by Crippen LogP contribution is 2.40. The molecule has 0 amide bonds. The molecule has 2 fully saturated rings. The standard InChI is InChI=1S/C15H19ClFN3/c1-20(12-3-4-12)15(18)19-11-6-10(7-11)9-2-5-14(17)13(16)8-9/h2,5,8,10-12H,3-4,6-7H2,1H3,(H2,18,19). The Labute approximate surface area is 123 Å². The van der Waals surface area contributed by atoms with Crippen molar-refractivity contribution in [1.29, 1.82) is 0 Å². The van der Waals surface area contributed by atoms with Crippen molar-refractivity contribution in [2.75, 3.05) is 7.05 Å². The third kappa shape index (κ3) is 2.75. The molecule has 20 heavy (non-hydrogen) atoms. The van der Waals surface area contributed by atoms with E-state index in [-0.39, 0.29) is 16.9 Å². The molecule has 1 aromatic rings. The lowest BCUT2D eigenvalue weighted by molar-refractivity contribution is 0.347. The maximum absolute atomic E-state index is 13.1. The van der Waals surface area contributed by atoms with Gasteiger partial charge in [-0.05, 0) is 49.3 Å². The van der Waals surface area contributed by atoms with Crippen LogP contribution in [-0.2, 0) is 0 Å². The summed E-state index contributed by atoms with van der Waals surface area (Å²) in [5, 5.41) is 0.197. The number of halogens is 2. The molecule has 3 nitrogen and oxygen atoms in total. The van der Waals surface area contributed by atoms with Crippen molar-refractivity contribution >= 4 is 17.6 Å². The molecule has 0 aromatic heterocycles. The maximum Gasteiger partial charge on any atom is 0.191 e. The third-order valence-corrected chi connectivity index (χ3v) is 4.59. The number of aliphatic imine (C=N–C) groups is 1. The predicted molar refractivity (Wildman–Crippen MR) is 79.6 cm³/mol. The van der Waals surface area contributed by atoms with Crippen molar-refractivity contribution in [3.8, 4) is 0 Å². The van der Waals surface area contributed by atoms with Crippen LogP contribution < -0.4 is 5.73 Å². The van der Waals surface area contributed by atoms with Crippen LogP contribution in [0.25, 0.3) is 0 Å². The van der Waals surface area contributed by atoms with E-state index >= 15 is 0 Å². The van der Waals surface area contributed by atoms with E-state index in [1.807, 2.05) is 13.1 Å². The average Bonchev–Trinajstić information content (AvgIpc) is 3.20. The summed E-state index contributed by atoms with van der Waals surface area (Å²) in [6.07, 6.45) is 4.35. The topological polar surface area (TPSA) is 41.6 Å². The van der Waals surface area contributed by atoms with Gasteiger partial charge < -0.3 is 10.6 Å². The summed E-state index contributed by atoms with van der Waals surface area (Å²) < 4.78 is 13.1. The molecule has 0 saturated heterocycles. The second-order valence-corrected chi connectivity index (χ2v) is 6.23. The highest BCUT2D eigenvalue weighted by atomic mass is 35.5. The molecule has 0 atom stereocenters. The van der Waals surface area contributed by atoms with Crippen LogP contribution in [0, 0.1) is 5.82 Å². The Morgan fingerprint density at radius 2 is 2.10 bits per heavy atom. The number of benzene rings is 1. The van der Waals surface area contributed by atoms with E-state index in [2.05, 4.69) is 9.89 Å². The lowest BCUT2D eigenvalue weighted by Gasteiger charge is -2.34. The number of nitrogens with two attached hydrogens (primary N) is 1. The van der Waals surface area contributed by atoms with Gasteiger partial charge in [0.1, 0.15) is 5.82 Å². The normalized spacial score (nSPS) is 26.2. The fourth-order valence-electron chi connectivity index (χ4n) is 2.66. The molecule has 108 valence electrons. The zero-order valence-electron chi connectivity index (χ0n) is 11.5. The predicted octanol–water partition coefficient (Wildman–Crippen LogP) is 3.13. The highest BCUT2D eigenvalue weighted by Gasteiger charge is 2.32. The van der Waals surface area contributed by atoms with Crippen LogP contribution in [0.3, 0.4) is 0 Å². The van der Waals surface area contributed by atoms with Crippen molar-refractivity contribution in [2.45, 2.75) is 43.7 Å². The SMILES string of the molecule is CN(C(N)=NC1CC(c2ccc(F)c(Cl)c2)C1)C1CC1. The smallest absolute Gasteiger partial charge is 0.191 e. The van der Waals surface area contributed by atoms with Crippen LogP contribution in [0.15, 0.2) is 23.2 Å². The van der Waals surface area contributed by atoms with Gasteiger partial charge in [0.05, 0.1) is 11.1 Å². The minimum absolute atomic E-state index is 0.197. The molecule has 0 spiro atoms. The largest absolute Gasteiger partial charge is 0.370 e. The van der Waals surface area contributed by atoms with Crippen LogP contribution in [0.1, 0.15) is 37.2 Å². The van der Waals surface area contributed by atoms with Crippen molar-refractivity contribution in [1.82, 2.24) is 4.90 Å². The van der Waals surface area contributed by atoms with Crippen LogP contribution in [0.2, 0.25) is 5.02 Å². The first kappa shape index (κ1) is 13.7. The average molecular weight is 296 g/mol. The van der Waals surface area contributed by atoms with Gasteiger partial charge in [-0.3, -0.25) is 0 Å². The molecule has 3 rings (SSSR count). The van der Waals surface area contributed by atoms with Gasteiger partial charge in [-0.15, -0.1) is 0 Å². The third-order valence-electron chi connectivity index (χ3n) is 4.30. The van der Waals surface area contributed by atoms with E-state index in [1.165, 1.54) is 18.9 Å². The van der Waals surface area contributed by atoms with Crippen LogP contribution in [-0.4, -0.2) is 30.0 Å². The molecule has 1 aromatic carbocycles. The van der Waals surface area contributed by atoms with Gasteiger partial charge in [-0.1, -0.05) is 17.7 Å². The summed E-state index contributed by atoms with van der Waals surface area (Å²) in [7, 11) is 2.01. The van der Waals surface area contributed by atoms with Crippen molar-refractivity contribution in [2.24, 2.45) is 10.7 Å². The van der Waals surface area contributed by atoms with Gasteiger partial charge >= 0.3 is 0 Å². The zero-order chi connectivity index (χ0) is 14.3. The molecule has 0 aliphatic heterocycles. The second kappa shape index (κ2) is 5.24. The molecule has 2 saturated carbocycles.